The van der Waals surface area contributed by atoms with Crippen LogP contribution in [0.3, 0.4) is 0 Å². The monoisotopic (exact) mass is 249 g/mol. The molecule has 3 nitrogen and oxygen atoms in total. The van der Waals surface area contributed by atoms with Crippen LogP contribution in [0.15, 0.2) is 18.2 Å². The predicted octanol–water partition coefficient (Wildman–Crippen LogP) is 3.28. The summed E-state index contributed by atoms with van der Waals surface area (Å²) in [5.41, 5.74) is 6.97. The van der Waals surface area contributed by atoms with Gasteiger partial charge in [-0.15, -0.1) is 0 Å². The summed E-state index contributed by atoms with van der Waals surface area (Å²) in [4.78, 5) is 0. The number of methoxy groups -OCH3 is 1. The predicted molar refractivity (Wildman–Crippen MR) is 73.0 cm³/mol. The molecule has 100 valence electrons. The lowest BCUT2D eigenvalue weighted by Crippen LogP contribution is -2.15. The van der Waals surface area contributed by atoms with Crippen LogP contribution in [0.5, 0.6) is 11.5 Å². The van der Waals surface area contributed by atoms with E-state index in [0.29, 0.717) is 0 Å². The van der Waals surface area contributed by atoms with E-state index in [1.165, 1.54) is 19.3 Å². The van der Waals surface area contributed by atoms with Crippen LogP contribution in [-0.2, 0) is 0 Å². The summed E-state index contributed by atoms with van der Waals surface area (Å²) in [6.07, 6.45) is 5.26. The Bertz CT molecular complexity index is 386. The van der Waals surface area contributed by atoms with Crippen molar-refractivity contribution in [2.75, 3.05) is 13.7 Å². The molecule has 1 aromatic carbocycles. The molecular weight excluding hydrogens is 226 g/mol. The van der Waals surface area contributed by atoms with Crippen molar-refractivity contribution in [2.24, 2.45) is 11.7 Å². The molecule has 0 radical (unpaired) electrons. The molecule has 0 saturated heterocycles. The molecule has 2 N–H and O–H groups in total. The van der Waals surface area contributed by atoms with E-state index in [1.54, 1.807) is 7.11 Å². The van der Waals surface area contributed by atoms with Crippen molar-refractivity contribution in [3.8, 4) is 11.5 Å². The molecule has 0 heterocycles. The molecule has 1 aliphatic rings. The zero-order valence-electron chi connectivity index (χ0n) is 11.3. The van der Waals surface area contributed by atoms with E-state index in [9.17, 15) is 0 Å². The van der Waals surface area contributed by atoms with E-state index < -0.39 is 0 Å². The molecule has 1 saturated carbocycles. The number of hydrogen-bond acceptors (Lipinski definition) is 3. The van der Waals surface area contributed by atoms with E-state index in [1.807, 2.05) is 25.1 Å². The highest BCUT2D eigenvalue weighted by Crippen LogP contribution is 2.34. The van der Waals surface area contributed by atoms with Crippen LogP contribution in [0.4, 0.5) is 0 Å². The molecule has 2 rings (SSSR count). The molecule has 0 unspecified atom stereocenters. The second-order valence-electron chi connectivity index (χ2n) is 5.09. The normalized spacial score (nSPS) is 17.1. The van der Waals surface area contributed by atoms with Gasteiger partial charge in [0.2, 0.25) is 0 Å². The molecule has 1 atom stereocenters. The van der Waals surface area contributed by atoms with Gasteiger partial charge in [0, 0.05) is 6.04 Å². The maximum Gasteiger partial charge on any atom is 0.127 e. The van der Waals surface area contributed by atoms with Crippen molar-refractivity contribution in [1.82, 2.24) is 0 Å². The van der Waals surface area contributed by atoms with E-state index in [4.69, 9.17) is 15.2 Å². The molecule has 1 aliphatic carbocycles. The van der Waals surface area contributed by atoms with Crippen LogP contribution in [-0.4, -0.2) is 13.7 Å². The van der Waals surface area contributed by atoms with Crippen molar-refractivity contribution >= 4 is 0 Å². The summed E-state index contributed by atoms with van der Waals surface area (Å²) in [5.74, 6) is 2.55. The van der Waals surface area contributed by atoms with Crippen LogP contribution in [0, 0.1) is 5.92 Å². The highest BCUT2D eigenvalue weighted by molar-refractivity contribution is 5.46. The Morgan fingerprint density at radius 2 is 2.06 bits per heavy atom. The molecule has 1 fully saturated rings. The van der Waals surface area contributed by atoms with Gasteiger partial charge in [0.15, 0.2) is 0 Å². The Kier molecular flexibility index (Phi) is 4.48. The van der Waals surface area contributed by atoms with Crippen molar-refractivity contribution in [3.05, 3.63) is 23.8 Å². The molecule has 18 heavy (non-hydrogen) atoms. The number of ether oxygens (including phenoxy) is 2. The minimum Gasteiger partial charge on any atom is -0.496 e. The molecule has 0 amide bonds. The quantitative estimate of drug-likeness (QED) is 0.841. The number of rotatable bonds is 6. The summed E-state index contributed by atoms with van der Waals surface area (Å²) in [6.45, 7) is 2.73. The fourth-order valence-electron chi connectivity index (χ4n) is 2.39. The number of hydrogen-bond donors (Lipinski definition) is 1. The average Bonchev–Trinajstić information content (AvgIpc) is 2.31. The molecule has 1 aromatic rings. The molecule has 0 aliphatic heterocycles. The molecular formula is C15H23NO2. The third kappa shape index (κ3) is 2.96. The van der Waals surface area contributed by atoms with Gasteiger partial charge in [-0.25, -0.2) is 0 Å². The van der Waals surface area contributed by atoms with Gasteiger partial charge in [0.1, 0.15) is 11.5 Å². The van der Waals surface area contributed by atoms with Gasteiger partial charge in [0.25, 0.3) is 0 Å². The third-order valence-corrected chi connectivity index (χ3v) is 3.71. The largest absolute Gasteiger partial charge is 0.496 e. The van der Waals surface area contributed by atoms with Crippen molar-refractivity contribution < 1.29 is 9.47 Å². The minimum absolute atomic E-state index is 0.0835. The second-order valence-corrected chi connectivity index (χ2v) is 5.09. The van der Waals surface area contributed by atoms with Gasteiger partial charge < -0.3 is 15.2 Å². The summed E-state index contributed by atoms with van der Waals surface area (Å²) < 4.78 is 11.2. The lowest BCUT2D eigenvalue weighted by atomic mass is 9.83. The Labute approximate surface area is 109 Å². The molecule has 0 bridgehead atoms. The minimum atomic E-state index is -0.0835. The van der Waals surface area contributed by atoms with E-state index in [2.05, 4.69) is 0 Å². The Balaban J connectivity index is 2.01. The first-order valence-electron chi connectivity index (χ1n) is 6.77. The van der Waals surface area contributed by atoms with Crippen LogP contribution < -0.4 is 15.2 Å². The van der Waals surface area contributed by atoms with Gasteiger partial charge in [-0.05, 0) is 31.4 Å². The molecule has 0 spiro atoms. The SMILES string of the molecule is COc1cccc(OCCC2CCC2)c1[C@@H](C)N. The fraction of sp³-hybridized carbons (Fsp3) is 0.600. The summed E-state index contributed by atoms with van der Waals surface area (Å²) in [7, 11) is 1.67. The average molecular weight is 249 g/mol. The lowest BCUT2D eigenvalue weighted by Gasteiger charge is -2.25. The maximum absolute atomic E-state index is 6.00. The van der Waals surface area contributed by atoms with Gasteiger partial charge in [0.05, 0.1) is 19.3 Å². The van der Waals surface area contributed by atoms with E-state index in [-0.39, 0.29) is 6.04 Å². The van der Waals surface area contributed by atoms with Crippen molar-refractivity contribution in [3.63, 3.8) is 0 Å². The van der Waals surface area contributed by atoms with Crippen LogP contribution in [0.1, 0.15) is 44.2 Å². The first-order valence-corrected chi connectivity index (χ1v) is 6.77. The third-order valence-electron chi connectivity index (χ3n) is 3.71. The zero-order chi connectivity index (χ0) is 13.0. The number of benzene rings is 1. The van der Waals surface area contributed by atoms with Gasteiger partial charge in [-0.1, -0.05) is 25.3 Å². The topological polar surface area (TPSA) is 44.5 Å². The van der Waals surface area contributed by atoms with Gasteiger partial charge >= 0.3 is 0 Å². The van der Waals surface area contributed by atoms with Crippen LogP contribution in [0.2, 0.25) is 0 Å². The van der Waals surface area contributed by atoms with Gasteiger partial charge in [-0.3, -0.25) is 0 Å². The zero-order valence-corrected chi connectivity index (χ0v) is 11.3. The first-order chi connectivity index (χ1) is 8.72. The van der Waals surface area contributed by atoms with Crippen molar-refractivity contribution in [2.45, 2.75) is 38.6 Å². The Morgan fingerprint density at radius 1 is 1.33 bits per heavy atom. The van der Waals surface area contributed by atoms with Crippen LogP contribution in [0.25, 0.3) is 0 Å². The number of nitrogens with two attached hydrogens (primary N) is 1. The van der Waals surface area contributed by atoms with E-state index >= 15 is 0 Å². The maximum atomic E-state index is 6.00. The standard InChI is InChI=1S/C15H23NO2/c1-11(16)15-13(17-2)7-4-8-14(15)18-10-9-12-5-3-6-12/h4,7-8,11-12H,3,5-6,9-10,16H2,1-2H3/t11-/m1/s1. The van der Waals surface area contributed by atoms with Gasteiger partial charge in [-0.2, -0.15) is 0 Å². The molecule has 3 heteroatoms. The lowest BCUT2D eigenvalue weighted by molar-refractivity contribution is 0.219. The fourth-order valence-corrected chi connectivity index (χ4v) is 2.39. The van der Waals surface area contributed by atoms with Crippen LogP contribution >= 0.6 is 0 Å². The highest BCUT2D eigenvalue weighted by Gasteiger charge is 2.18. The molecule has 0 aromatic heterocycles. The smallest absolute Gasteiger partial charge is 0.127 e. The second kappa shape index (κ2) is 6.10. The summed E-state index contributed by atoms with van der Waals surface area (Å²) >= 11 is 0. The summed E-state index contributed by atoms with van der Waals surface area (Å²) in [5, 5.41) is 0. The Morgan fingerprint density at radius 3 is 2.61 bits per heavy atom. The summed E-state index contributed by atoms with van der Waals surface area (Å²) in [6, 6.07) is 5.77. The first kappa shape index (κ1) is 13.2. The van der Waals surface area contributed by atoms with E-state index in [0.717, 1.165) is 36.0 Å². The highest BCUT2D eigenvalue weighted by atomic mass is 16.5. The van der Waals surface area contributed by atoms with Crippen molar-refractivity contribution in [1.29, 1.82) is 0 Å². The Hall–Kier alpha value is -1.22.